The standard InChI is InChI=1S/C9H18N2O2/c1-4-10-8(12)11-5-6-13-7-9(11,2)3/h4-7H2,1-3H3,(H,10,12). The molecule has 2 amide bonds. The zero-order valence-corrected chi connectivity index (χ0v) is 8.59. The molecule has 1 aliphatic rings. The fourth-order valence-electron chi connectivity index (χ4n) is 1.48. The van der Waals surface area contributed by atoms with Crippen molar-refractivity contribution in [2.45, 2.75) is 26.3 Å². The minimum atomic E-state index is -0.183. The van der Waals surface area contributed by atoms with E-state index in [1.165, 1.54) is 0 Å². The molecule has 1 saturated heterocycles. The lowest BCUT2D eigenvalue weighted by molar-refractivity contribution is -0.0277. The van der Waals surface area contributed by atoms with Crippen LogP contribution in [0.3, 0.4) is 0 Å². The molecule has 76 valence electrons. The van der Waals surface area contributed by atoms with Gasteiger partial charge in [0.15, 0.2) is 0 Å². The number of rotatable bonds is 1. The third kappa shape index (κ3) is 2.34. The number of ether oxygens (including phenoxy) is 1. The van der Waals surface area contributed by atoms with Crippen LogP contribution < -0.4 is 5.32 Å². The molecule has 4 heteroatoms. The monoisotopic (exact) mass is 186 g/mol. The molecule has 0 saturated carbocycles. The van der Waals surface area contributed by atoms with Crippen LogP contribution in [0.2, 0.25) is 0 Å². The van der Waals surface area contributed by atoms with Crippen LogP contribution in [0, 0.1) is 0 Å². The highest BCUT2D eigenvalue weighted by molar-refractivity contribution is 5.75. The Kier molecular flexibility index (Phi) is 3.14. The molecule has 0 bridgehead atoms. The number of carbonyl (C=O) groups excluding carboxylic acids is 1. The van der Waals surface area contributed by atoms with E-state index in [2.05, 4.69) is 5.32 Å². The molecule has 1 N–H and O–H groups in total. The quantitative estimate of drug-likeness (QED) is 0.659. The van der Waals surface area contributed by atoms with Crippen molar-refractivity contribution in [2.75, 3.05) is 26.3 Å². The zero-order valence-electron chi connectivity index (χ0n) is 8.59. The molecular weight excluding hydrogens is 168 g/mol. The Hall–Kier alpha value is -0.770. The summed E-state index contributed by atoms with van der Waals surface area (Å²) in [5.74, 6) is 0. The van der Waals surface area contributed by atoms with Crippen molar-refractivity contribution in [1.82, 2.24) is 10.2 Å². The number of amides is 2. The van der Waals surface area contributed by atoms with Crippen LogP contribution in [-0.2, 0) is 4.74 Å². The van der Waals surface area contributed by atoms with Crippen molar-refractivity contribution in [3.63, 3.8) is 0 Å². The topological polar surface area (TPSA) is 41.6 Å². The summed E-state index contributed by atoms with van der Waals surface area (Å²) in [5.41, 5.74) is -0.183. The maximum Gasteiger partial charge on any atom is 0.317 e. The lowest BCUT2D eigenvalue weighted by atomic mass is 10.0. The van der Waals surface area contributed by atoms with Crippen molar-refractivity contribution in [2.24, 2.45) is 0 Å². The van der Waals surface area contributed by atoms with Crippen molar-refractivity contribution in [3.05, 3.63) is 0 Å². The molecular formula is C9H18N2O2. The second-order valence-electron chi connectivity index (χ2n) is 3.85. The lowest BCUT2D eigenvalue weighted by Crippen LogP contribution is -2.58. The first-order valence-electron chi connectivity index (χ1n) is 4.71. The molecule has 0 atom stereocenters. The van der Waals surface area contributed by atoms with Gasteiger partial charge in [-0.2, -0.15) is 0 Å². The number of hydrogen-bond donors (Lipinski definition) is 1. The largest absolute Gasteiger partial charge is 0.377 e. The number of hydrogen-bond acceptors (Lipinski definition) is 2. The summed E-state index contributed by atoms with van der Waals surface area (Å²) >= 11 is 0. The van der Waals surface area contributed by atoms with E-state index in [0.717, 1.165) is 0 Å². The van der Waals surface area contributed by atoms with Gasteiger partial charge in [-0.05, 0) is 20.8 Å². The summed E-state index contributed by atoms with van der Waals surface area (Å²) in [6, 6.07) is 0.0100. The summed E-state index contributed by atoms with van der Waals surface area (Å²) in [6.45, 7) is 8.56. The first-order chi connectivity index (χ1) is 6.08. The van der Waals surface area contributed by atoms with Crippen LogP contribution in [0.15, 0.2) is 0 Å². The van der Waals surface area contributed by atoms with E-state index < -0.39 is 0 Å². The highest BCUT2D eigenvalue weighted by Crippen LogP contribution is 2.18. The molecule has 1 fully saturated rings. The molecule has 0 spiro atoms. The van der Waals surface area contributed by atoms with Gasteiger partial charge in [0.2, 0.25) is 0 Å². The normalized spacial score (nSPS) is 21.3. The van der Waals surface area contributed by atoms with Crippen LogP contribution in [0.4, 0.5) is 4.79 Å². The minimum Gasteiger partial charge on any atom is -0.377 e. The van der Waals surface area contributed by atoms with Crippen molar-refractivity contribution < 1.29 is 9.53 Å². The highest BCUT2D eigenvalue weighted by Gasteiger charge is 2.33. The number of urea groups is 1. The van der Waals surface area contributed by atoms with Crippen LogP contribution in [0.25, 0.3) is 0 Å². The smallest absolute Gasteiger partial charge is 0.317 e. The summed E-state index contributed by atoms with van der Waals surface area (Å²) < 4.78 is 5.32. The van der Waals surface area contributed by atoms with E-state index in [0.29, 0.717) is 26.3 Å². The highest BCUT2D eigenvalue weighted by atomic mass is 16.5. The molecule has 4 nitrogen and oxygen atoms in total. The van der Waals surface area contributed by atoms with Crippen LogP contribution >= 0.6 is 0 Å². The Morgan fingerprint density at radius 2 is 2.31 bits per heavy atom. The second-order valence-corrected chi connectivity index (χ2v) is 3.85. The van der Waals surface area contributed by atoms with E-state index in [9.17, 15) is 4.79 Å². The molecule has 0 radical (unpaired) electrons. The molecule has 1 heterocycles. The van der Waals surface area contributed by atoms with E-state index in [-0.39, 0.29) is 11.6 Å². The predicted molar refractivity (Wildman–Crippen MR) is 50.7 cm³/mol. The minimum absolute atomic E-state index is 0.0100. The molecule has 1 aliphatic heterocycles. The average molecular weight is 186 g/mol. The summed E-state index contributed by atoms with van der Waals surface area (Å²) in [7, 11) is 0. The number of carbonyl (C=O) groups is 1. The van der Waals surface area contributed by atoms with Crippen LogP contribution in [-0.4, -0.2) is 42.8 Å². The molecule has 0 unspecified atom stereocenters. The molecule has 1 rings (SSSR count). The molecule has 0 aromatic carbocycles. The Morgan fingerprint density at radius 1 is 1.62 bits per heavy atom. The Labute approximate surface area is 79.2 Å². The molecule has 13 heavy (non-hydrogen) atoms. The van der Waals surface area contributed by atoms with Gasteiger partial charge < -0.3 is 15.0 Å². The Bertz CT molecular complexity index is 192. The van der Waals surface area contributed by atoms with Gasteiger partial charge in [-0.25, -0.2) is 4.79 Å². The first-order valence-corrected chi connectivity index (χ1v) is 4.71. The third-order valence-corrected chi connectivity index (χ3v) is 2.22. The maximum atomic E-state index is 11.6. The first kappa shape index (κ1) is 10.3. The van der Waals surface area contributed by atoms with E-state index >= 15 is 0 Å². The van der Waals surface area contributed by atoms with Crippen LogP contribution in [0.5, 0.6) is 0 Å². The number of nitrogens with one attached hydrogen (secondary N) is 1. The summed E-state index contributed by atoms with van der Waals surface area (Å²) in [4.78, 5) is 13.4. The zero-order chi connectivity index (χ0) is 9.90. The van der Waals surface area contributed by atoms with Gasteiger partial charge in [0.25, 0.3) is 0 Å². The van der Waals surface area contributed by atoms with E-state index in [1.54, 1.807) is 0 Å². The fourth-order valence-corrected chi connectivity index (χ4v) is 1.48. The maximum absolute atomic E-state index is 11.6. The van der Waals surface area contributed by atoms with Crippen LogP contribution in [0.1, 0.15) is 20.8 Å². The Balaban J connectivity index is 2.59. The summed E-state index contributed by atoms with van der Waals surface area (Å²) in [5, 5.41) is 2.80. The van der Waals surface area contributed by atoms with Gasteiger partial charge in [0.05, 0.1) is 18.8 Å². The van der Waals surface area contributed by atoms with Gasteiger partial charge in [0, 0.05) is 13.1 Å². The third-order valence-electron chi connectivity index (χ3n) is 2.22. The lowest BCUT2D eigenvalue weighted by Gasteiger charge is -2.41. The Morgan fingerprint density at radius 3 is 2.85 bits per heavy atom. The van der Waals surface area contributed by atoms with Crippen molar-refractivity contribution in [1.29, 1.82) is 0 Å². The second kappa shape index (κ2) is 3.96. The SMILES string of the molecule is CCNC(=O)N1CCOCC1(C)C. The van der Waals surface area contributed by atoms with E-state index in [4.69, 9.17) is 4.74 Å². The van der Waals surface area contributed by atoms with Gasteiger partial charge in [-0.15, -0.1) is 0 Å². The van der Waals surface area contributed by atoms with Gasteiger partial charge in [0.1, 0.15) is 0 Å². The van der Waals surface area contributed by atoms with Crippen molar-refractivity contribution in [3.8, 4) is 0 Å². The van der Waals surface area contributed by atoms with E-state index in [1.807, 2.05) is 25.7 Å². The van der Waals surface area contributed by atoms with Gasteiger partial charge in [-0.1, -0.05) is 0 Å². The fraction of sp³-hybridized carbons (Fsp3) is 0.889. The number of nitrogens with zero attached hydrogens (tertiary/aromatic N) is 1. The molecule has 0 aliphatic carbocycles. The number of morpholine rings is 1. The van der Waals surface area contributed by atoms with Crippen molar-refractivity contribution >= 4 is 6.03 Å². The van der Waals surface area contributed by atoms with Gasteiger partial charge >= 0.3 is 6.03 Å². The average Bonchev–Trinajstić information content (AvgIpc) is 2.03. The van der Waals surface area contributed by atoms with Gasteiger partial charge in [-0.3, -0.25) is 0 Å². The molecule has 0 aromatic rings. The molecule has 0 aromatic heterocycles. The summed E-state index contributed by atoms with van der Waals surface area (Å²) in [6.07, 6.45) is 0. The predicted octanol–water partition coefficient (Wildman–Crippen LogP) is 0.827.